The van der Waals surface area contributed by atoms with E-state index in [1.807, 2.05) is 12.1 Å². The van der Waals surface area contributed by atoms with Crippen LogP contribution in [0.2, 0.25) is 0 Å². The molecule has 0 spiro atoms. The van der Waals surface area contributed by atoms with Crippen LogP contribution in [0.15, 0.2) is 18.2 Å². The maximum absolute atomic E-state index is 14.1. The zero-order chi connectivity index (χ0) is 22.2. The molecule has 6 nitrogen and oxygen atoms in total. The zero-order valence-corrected chi connectivity index (χ0v) is 18.9. The molecule has 172 valence electrons. The first-order valence-electron chi connectivity index (χ1n) is 12.3. The summed E-state index contributed by atoms with van der Waals surface area (Å²) >= 11 is 0. The highest BCUT2D eigenvalue weighted by Crippen LogP contribution is 2.39. The lowest BCUT2D eigenvalue weighted by molar-refractivity contribution is -0.133. The molecule has 4 aliphatic rings. The van der Waals surface area contributed by atoms with E-state index >= 15 is 0 Å². The molecule has 3 saturated heterocycles. The number of fused-ring (bicyclic) bond motifs is 3. The van der Waals surface area contributed by atoms with Gasteiger partial charge in [-0.3, -0.25) is 9.69 Å². The number of nitriles is 1. The topological polar surface area (TPSA) is 71.4 Å². The Labute approximate surface area is 190 Å². The van der Waals surface area contributed by atoms with Gasteiger partial charge in [0.2, 0.25) is 5.91 Å². The van der Waals surface area contributed by atoms with Gasteiger partial charge in [-0.15, -0.1) is 0 Å². The maximum atomic E-state index is 14.1. The first kappa shape index (κ1) is 21.7. The lowest BCUT2D eigenvalue weighted by Crippen LogP contribution is -2.64. The number of hydrogen-bond acceptors (Lipinski definition) is 5. The van der Waals surface area contributed by atoms with Crippen LogP contribution in [0.1, 0.15) is 44.6 Å². The van der Waals surface area contributed by atoms with Gasteiger partial charge in [-0.1, -0.05) is 0 Å². The van der Waals surface area contributed by atoms with Gasteiger partial charge in [0.1, 0.15) is 11.9 Å². The first-order chi connectivity index (χ1) is 15.5. The van der Waals surface area contributed by atoms with E-state index in [1.165, 1.54) is 18.9 Å². The number of piperidine rings is 2. The summed E-state index contributed by atoms with van der Waals surface area (Å²) in [5.41, 5.74) is 0.952. The molecule has 3 aliphatic heterocycles. The smallest absolute Gasteiger partial charge is 0.224 e. The molecule has 0 radical (unpaired) electrons. The molecule has 1 aromatic carbocycles. The largest absolute Gasteiger partial charge is 0.369 e. The van der Waals surface area contributed by atoms with E-state index < -0.39 is 5.82 Å². The van der Waals surface area contributed by atoms with Crippen molar-refractivity contribution in [2.24, 2.45) is 17.8 Å². The highest BCUT2D eigenvalue weighted by molar-refractivity contribution is 5.81. The highest BCUT2D eigenvalue weighted by Gasteiger charge is 2.47. The van der Waals surface area contributed by atoms with Gasteiger partial charge >= 0.3 is 0 Å². The van der Waals surface area contributed by atoms with Crippen LogP contribution in [-0.2, 0) is 4.79 Å². The van der Waals surface area contributed by atoms with Crippen molar-refractivity contribution in [2.45, 2.75) is 57.2 Å². The molecule has 0 aromatic heterocycles. The third-order valence-corrected chi connectivity index (χ3v) is 8.34. The van der Waals surface area contributed by atoms with Gasteiger partial charge < -0.3 is 15.5 Å². The number of nitrogens with zero attached hydrogens (tertiary/aromatic N) is 3. The summed E-state index contributed by atoms with van der Waals surface area (Å²) in [4.78, 5) is 17.4. The molecular weight excluding hydrogens is 405 g/mol. The molecule has 1 aromatic rings. The summed E-state index contributed by atoms with van der Waals surface area (Å²) in [6.07, 6.45) is 5.64. The predicted molar refractivity (Wildman–Crippen MR) is 122 cm³/mol. The van der Waals surface area contributed by atoms with Gasteiger partial charge in [0.05, 0.1) is 11.5 Å². The average Bonchev–Trinajstić information content (AvgIpc) is 2.80. The Morgan fingerprint density at radius 2 is 2.12 bits per heavy atom. The van der Waals surface area contributed by atoms with Crippen molar-refractivity contribution in [1.82, 2.24) is 15.5 Å². The number of halogens is 1. The van der Waals surface area contributed by atoms with E-state index in [0.29, 0.717) is 30.0 Å². The molecule has 7 heteroatoms. The molecule has 1 saturated carbocycles. The molecule has 2 N–H and O–H groups in total. The number of piperazine rings is 1. The number of rotatable bonds is 3. The fraction of sp³-hybridized carbons (Fsp3) is 0.680. The van der Waals surface area contributed by atoms with Crippen LogP contribution in [0.25, 0.3) is 0 Å². The molecule has 5 unspecified atom stereocenters. The number of anilines is 1. The fourth-order valence-electron chi connectivity index (χ4n) is 6.61. The van der Waals surface area contributed by atoms with Crippen molar-refractivity contribution >= 4 is 11.6 Å². The van der Waals surface area contributed by atoms with E-state index in [-0.39, 0.29) is 17.4 Å². The Bertz CT molecular complexity index is 901. The van der Waals surface area contributed by atoms with Crippen LogP contribution in [0, 0.1) is 34.9 Å². The molecule has 4 fully saturated rings. The number of nitrogens with one attached hydrogen (secondary N) is 2. The van der Waals surface area contributed by atoms with Gasteiger partial charge in [0.15, 0.2) is 0 Å². The fourth-order valence-corrected chi connectivity index (χ4v) is 6.61. The average molecular weight is 440 g/mol. The van der Waals surface area contributed by atoms with E-state index in [9.17, 15) is 9.18 Å². The Morgan fingerprint density at radius 3 is 2.91 bits per heavy atom. The standard InChI is InChI=1S/C25H34FN5O/c1-16-14-31(19-6-5-18(13-27)22(26)12-19)10-9-30(16)15-17-4-7-20-23(11-17)29-25(32)21-3-2-8-28-24(20)21/h5-6,12,16-17,20-21,23-24,28H,2-4,7-11,14-15H2,1H3,(H,29,32)/t16-,17?,20?,21?,23?,24?/m1/s1. The van der Waals surface area contributed by atoms with Gasteiger partial charge in [-0.25, -0.2) is 4.39 Å². The molecule has 5 rings (SSSR count). The summed E-state index contributed by atoms with van der Waals surface area (Å²) in [5.74, 6) is 1.18. The monoisotopic (exact) mass is 439 g/mol. The second kappa shape index (κ2) is 8.99. The number of amides is 1. The molecular formula is C25H34FN5O. The minimum atomic E-state index is -0.443. The van der Waals surface area contributed by atoms with Crippen molar-refractivity contribution in [2.75, 3.05) is 37.6 Å². The Morgan fingerprint density at radius 1 is 1.25 bits per heavy atom. The number of carbonyl (C=O) groups excluding carboxylic acids is 1. The molecule has 3 heterocycles. The quantitative estimate of drug-likeness (QED) is 0.757. The second-order valence-electron chi connectivity index (χ2n) is 10.3. The van der Waals surface area contributed by atoms with Crippen molar-refractivity contribution < 1.29 is 9.18 Å². The Hall–Kier alpha value is -2.17. The number of carbonyl (C=O) groups is 1. The van der Waals surface area contributed by atoms with Crippen LogP contribution in [0.5, 0.6) is 0 Å². The van der Waals surface area contributed by atoms with Gasteiger partial charge in [0, 0.05) is 50.0 Å². The minimum Gasteiger partial charge on any atom is -0.369 e. The maximum Gasteiger partial charge on any atom is 0.224 e. The number of benzene rings is 1. The highest BCUT2D eigenvalue weighted by atomic mass is 19.1. The van der Waals surface area contributed by atoms with Crippen molar-refractivity contribution in [3.05, 3.63) is 29.6 Å². The van der Waals surface area contributed by atoms with Crippen molar-refractivity contribution in [3.8, 4) is 6.07 Å². The molecule has 6 atom stereocenters. The van der Waals surface area contributed by atoms with Crippen LogP contribution in [-0.4, -0.2) is 61.7 Å². The van der Waals surface area contributed by atoms with Gasteiger partial charge in [-0.2, -0.15) is 5.26 Å². The zero-order valence-electron chi connectivity index (χ0n) is 18.9. The molecule has 0 bridgehead atoms. The molecule has 1 aliphatic carbocycles. The third kappa shape index (κ3) is 4.11. The lowest BCUT2D eigenvalue weighted by atomic mass is 9.67. The normalized spacial score (nSPS) is 35.4. The van der Waals surface area contributed by atoms with Crippen molar-refractivity contribution in [3.63, 3.8) is 0 Å². The lowest BCUT2D eigenvalue weighted by Gasteiger charge is -2.50. The second-order valence-corrected chi connectivity index (χ2v) is 10.3. The third-order valence-electron chi connectivity index (χ3n) is 8.34. The van der Waals surface area contributed by atoms with Crippen LogP contribution in [0.4, 0.5) is 10.1 Å². The Balaban J connectivity index is 1.17. The SMILES string of the molecule is C[C@@H]1CN(c2ccc(C#N)c(F)c2)CCN1CC1CCC2C(C1)NC(=O)C1CCCNC12. The molecule has 1 amide bonds. The van der Waals surface area contributed by atoms with Crippen LogP contribution in [0.3, 0.4) is 0 Å². The van der Waals surface area contributed by atoms with E-state index in [0.717, 1.165) is 57.7 Å². The minimum absolute atomic E-state index is 0.0978. The predicted octanol–water partition coefficient (Wildman–Crippen LogP) is 2.49. The van der Waals surface area contributed by atoms with Crippen LogP contribution >= 0.6 is 0 Å². The molecule has 32 heavy (non-hydrogen) atoms. The van der Waals surface area contributed by atoms with Gasteiger partial charge in [0.25, 0.3) is 0 Å². The van der Waals surface area contributed by atoms with Crippen LogP contribution < -0.4 is 15.5 Å². The summed E-state index contributed by atoms with van der Waals surface area (Å²) in [5, 5.41) is 16.0. The van der Waals surface area contributed by atoms with Gasteiger partial charge in [-0.05, 0) is 75.6 Å². The summed E-state index contributed by atoms with van der Waals surface area (Å²) in [7, 11) is 0. The summed E-state index contributed by atoms with van der Waals surface area (Å²) in [6.45, 7) is 7.03. The summed E-state index contributed by atoms with van der Waals surface area (Å²) in [6, 6.07) is 7.87. The number of hydrogen-bond donors (Lipinski definition) is 2. The summed E-state index contributed by atoms with van der Waals surface area (Å²) < 4.78 is 14.1. The van der Waals surface area contributed by atoms with E-state index in [2.05, 4.69) is 27.4 Å². The van der Waals surface area contributed by atoms with E-state index in [1.54, 1.807) is 6.07 Å². The van der Waals surface area contributed by atoms with Crippen molar-refractivity contribution in [1.29, 1.82) is 5.26 Å². The van der Waals surface area contributed by atoms with E-state index in [4.69, 9.17) is 5.26 Å². The first-order valence-corrected chi connectivity index (χ1v) is 12.3. The Kier molecular flexibility index (Phi) is 6.09.